The highest BCUT2D eigenvalue weighted by Crippen LogP contribution is 2.18. The fourth-order valence-electron chi connectivity index (χ4n) is 3.43. The maximum atomic E-state index is 5.78. The monoisotopic (exact) mass is 418 g/mol. The van der Waals surface area contributed by atoms with E-state index in [9.17, 15) is 0 Å². The third kappa shape index (κ3) is 6.55. The predicted molar refractivity (Wildman–Crippen MR) is 122 cm³/mol. The summed E-state index contributed by atoms with van der Waals surface area (Å²) >= 11 is 7.57. The van der Waals surface area contributed by atoms with E-state index in [2.05, 4.69) is 65.8 Å². The van der Waals surface area contributed by atoms with E-state index in [0.29, 0.717) is 5.92 Å². The first-order valence-corrected chi connectivity index (χ1v) is 11.5. The molecule has 3 rings (SSSR count). The van der Waals surface area contributed by atoms with Crippen LogP contribution in [0.2, 0.25) is 0 Å². The fourth-order valence-corrected chi connectivity index (χ4v) is 4.42. The second kappa shape index (κ2) is 10.9. The molecule has 1 saturated heterocycles. The van der Waals surface area contributed by atoms with Crippen molar-refractivity contribution in [3.63, 3.8) is 0 Å². The van der Waals surface area contributed by atoms with Crippen LogP contribution in [-0.4, -0.2) is 49.4 Å². The molecule has 1 fully saturated rings. The van der Waals surface area contributed by atoms with Crippen molar-refractivity contribution >= 4 is 34.4 Å². The van der Waals surface area contributed by atoms with Gasteiger partial charge in [0.2, 0.25) is 0 Å². The van der Waals surface area contributed by atoms with Gasteiger partial charge in [0, 0.05) is 23.5 Å². The first-order chi connectivity index (χ1) is 13.6. The van der Waals surface area contributed by atoms with E-state index >= 15 is 0 Å². The van der Waals surface area contributed by atoms with Crippen LogP contribution in [0.4, 0.5) is 5.69 Å². The molecule has 2 heterocycles. The van der Waals surface area contributed by atoms with Gasteiger partial charge in [-0.05, 0) is 47.3 Å². The third-order valence-electron chi connectivity index (χ3n) is 5.20. The summed E-state index contributed by atoms with van der Waals surface area (Å²) in [6.45, 7) is 11.5. The van der Waals surface area contributed by atoms with Crippen LogP contribution >= 0.6 is 23.6 Å². The molecule has 1 aliphatic heterocycles. The Morgan fingerprint density at radius 3 is 2.61 bits per heavy atom. The summed E-state index contributed by atoms with van der Waals surface area (Å²) in [5, 5.41) is 6.38. The number of rotatable bonds is 8. The average molecular weight is 419 g/mol. The van der Waals surface area contributed by atoms with Crippen molar-refractivity contribution in [1.82, 2.24) is 4.90 Å². The second-order valence-electron chi connectivity index (χ2n) is 7.67. The van der Waals surface area contributed by atoms with E-state index < -0.39 is 0 Å². The summed E-state index contributed by atoms with van der Waals surface area (Å²) in [6, 6.07) is 12.9. The number of nitrogens with zero attached hydrogens (tertiary/aromatic N) is 1. The standard InChI is InChI=1S/C22H31N3OS2/c1-18(2)19-6-8-20(9-7-19)23-22(27)25(17-21-5-3-16-28-21)11-4-10-24-12-14-26-15-13-24/h3,5-9,16,18H,4,10-15,17H2,1-2H3,(H,23,27)/p+1. The van der Waals surface area contributed by atoms with E-state index in [-0.39, 0.29) is 0 Å². The Balaban J connectivity index is 1.57. The minimum Gasteiger partial charge on any atom is -0.370 e. The minimum absolute atomic E-state index is 0.541. The van der Waals surface area contributed by atoms with Gasteiger partial charge in [-0.2, -0.15) is 0 Å². The molecule has 0 atom stereocenters. The Morgan fingerprint density at radius 1 is 1.21 bits per heavy atom. The average Bonchev–Trinajstić information content (AvgIpc) is 3.21. The quantitative estimate of drug-likeness (QED) is 0.643. The zero-order chi connectivity index (χ0) is 19.8. The van der Waals surface area contributed by atoms with Gasteiger partial charge in [-0.1, -0.05) is 32.0 Å². The number of hydrogen-bond acceptors (Lipinski definition) is 3. The largest absolute Gasteiger partial charge is 0.370 e. The topological polar surface area (TPSA) is 28.9 Å². The SMILES string of the molecule is CC(C)c1ccc(NC(=S)N(CCC[NH+]2CCOCC2)Cc2cccs2)cc1. The molecular formula is C22H32N3OS2+. The van der Waals surface area contributed by atoms with Crippen LogP contribution in [0.25, 0.3) is 0 Å². The number of hydrogen-bond donors (Lipinski definition) is 2. The van der Waals surface area contributed by atoms with Crippen LogP contribution in [0.3, 0.4) is 0 Å². The van der Waals surface area contributed by atoms with Gasteiger partial charge < -0.3 is 19.9 Å². The first kappa shape index (κ1) is 21.2. The molecule has 28 heavy (non-hydrogen) atoms. The fraction of sp³-hybridized carbons (Fsp3) is 0.500. The zero-order valence-corrected chi connectivity index (χ0v) is 18.6. The molecule has 1 aromatic heterocycles. The Morgan fingerprint density at radius 2 is 1.96 bits per heavy atom. The number of thiocarbonyl (C=S) groups is 1. The lowest BCUT2D eigenvalue weighted by atomic mass is 10.0. The maximum absolute atomic E-state index is 5.78. The zero-order valence-electron chi connectivity index (χ0n) is 16.9. The van der Waals surface area contributed by atoms with Crippen molar-refractivity contribution in [2.45, 2.75) is 32.7 Å². The number of morpholine rings is 1. The molecule has 1 aliphatic rings. The van der Waals surface area contributed by atoms with Crippen molar-refractivity contribution in [2.75, 3.05) is 44.7 Å². The lowest BCUT2D eigenvalue weighted by Crippen LogP contribution is -3.14. The van der Waals surface area contributed by atoms with E-state index in [4.69, 9.17) is 17.0 Å². The van der Waals surface area contributed by atoms with Crippen LogP contribution in [0.1, 0.15) is 36.6 Å². The van der Waals surface area contributed by atoms with Crippen LogP contribution < -0.4 is 10.2 Å². The van der Waals surface area contributed by atoms with E-state index in [1.165, 1.54) is 17.0 Å². The van der Waals surface area contributed by atoms with Gasteiger partial charge in [0.15, 0.2) is 5.11 Å². The molecule has 2 N–H and O–H groups in total. The summed E-state index contributed by atoms with van der Waals surface area (Å²) in [4.78, 5) is 5.29. The molecule has 0 amide bonds. The Bertz CT molecular complexity index is 710. The Hall–Kier alpha value is -1.47. The molecule has 0 spiro atoms. The van der Waals surface area contributed by atoms with Crippen LogP contribution in [0.15, 0.2) is 41.8 Å². The van der Waals surface area contributed by atoms with E-state index in [0.717, 1.165) is 56.6 Å². The third-order valence-corrected chi connectivity index (χ3v) is 6.42. The summed E-state index contributed by atoms with van der Waals surface area (Å²) in [5.74, 6) is 0.541. The summed E-state index contributed by atoms with van der Waals surface area (Å²) in [6.07, 6.45) is 1.13. The molecule has 6 heteroatoms. The molecule has 1 aromatic carbocycles. The smallest absolute Gasteiger partial charge is 0.173 e. The molecule has 0 aliphatic carbocycles. The lowest BCUT2D eigenvalue weighted by molar-refractivity contribution is -0.908. The Labute approximate surface area is 178 Å². The van der Waals surface area contributed by atoms with Crippen molar-refractivity contribution < 1.29 is 9.64 Å². The maximum Gasteiger partial charge on any atom is 0.173 e. The molecular weight excluding hydrogens is 386 g/mol. The van der Waals surface area contributed by atoms with Gasteiger partial charge in [-0.25, -0.2) is 0 Å². The number of anilines is 1. The number of benzene rings is 1. The summed E-state index contributed by atoms with van der Waals surface area (Å²) in [7, 11) is 0. The highest BCUT2D eigenvalue weighted by molar-refractivity contribution is 7.80. The second-order valence-corrected chi connectivity index (χ2v) is 9.09. The van der Waals surface area contributed by atoms with Gasteiger partial charge in [0.25, 0.3) is 0 Å². The predicted octanol–water partition coefficient (Wildman–Crippen LogP) is 3.38. The van der Waals surface area contributed by atoms with Crippen molar-refractivity contribution in [1.29, 1.82) is 0 Å². The van der Waals surface area contributed by atoms with Crippen LogP contribution in [0.5, 0.6) is 0 Å². The van der Waals surface area contributed by atoms with Gasteiger partial charge in [0.05, 0.1) is 26.3 Å². The number of quaternary nitrogens is 1. The van der Waals surface area contributed by atoms with Crippen LogP contribution in [-0.2, 0) is 11.3 Å². The van der Waals surface area contributed by atoms with E-state index in [1.54, 1.807) is 16.2 Å². The molecule has 0 saturated carbocycles. The van der Waals surface area contributed by atoms with Gasteiger partial charge >= 0.3 is 0 Å². The van der Waals surface area contributed by atoms with Gasteiger partial charge in [-0.15, -0.1) is 11.3 Å². The molecule has 0 radical (unpaired) electrons. The van der Waals surface area contributed by atoms with Crippen molar-refractivity contribution in [3.05, 3.63) is 52.2 Å². The van der Waals surface area contributed by atoms with Crippen molar-refractivity contribution in [3.8, 4) is 0 Å². The summed E-state index contributed by atoms with van der Waals surface area (Å²) in [5.41, 5.74) is 2.41. The Kier molecular flexibility index (Phi) is 8.27. The highest BCUT2D eigenvalue weighted by Gasteiger charge is 2.16. The normalized spacial score (nSPS) is 15.0. The molecule has 4 nitrogen and oxygen atoms in total. The number of nitrogens with one attached hydrogen (secondary N) is 2. The molecule has 2 aromatic rings. The van der Waals surface area contributed by atoms with Gasteiger partial charge in [0.1, 0.15) is 13.1 Å². The number of ether oxygens (including phenoxy) is 1. The lowest BCUT2D eigenvalue weighted by Gasteiger charge is -2.28. The molecule has 152 valence electrons. The molecule has 0 unspecified atom stereocenters. The minimum atomic E-state index is 0.541. The van der Waals surface area contributed by atoms with Crippen LogP contribution in [0, 0.1) is 0 Å². The highest BCUT2D eigenvalue weighted by atomic mass is 32.1. The van der Waals surface area contributed by atoms with Crippen molar-refractivity contribution in [2.24, 2.45) is 0 Å². The molecule has 0 bridgehead atoms. The van der Waals surface area contributed by atoms with Gasteiger partial charge in [-0.3, -0.25) is 0 Å². The first-order valence-electron chi connectivity index (χ1n) is 10.2. The van der Waals surface area contributed by atoms with E-state index in [1.807, 2.05) is 0 Å². The summed E-state index contributed by atoms with van der Waals surface area (Å²) < 4.78 is 5.46. The number of thiophene rings is 1.